The van der Waals surface area contributed by atoms with E-state index in [4.69, 9.17) is 4.74 Å². The highest BCUT2D eigenvalue weighted by Crippen LogP contribution is 2.22. The molecule has 1 aromatic heterocycles. The van der Waals surface area contributed by atoms with Crippen molar-refractivity contribution in [3.8, 4) is 0 Å². The van der Waals surface area contributed by atoms with Crippen LogP contribution in [0.15, 0.2) is 6.20 Å². The lowest BCUT2D eigenvalue weighted by Crippen LogP contribution is -2.38. The molecule has 0 amide bonds. The van der Waals surface area contributed by atoms with Crippen LogP contribution in [0.3, 0.4) is 0 Å². The molecule has 0 aromatic carbocycles. The number of rotatable bonds is 1. The number of nitrogens with zero attached hydrogens (tertiary/aromatic N) is 1. The molecule has 1 aliphatic heterocycles. The molecule has 1 aliphatic rings. The van der Waals surface area contributed by atoms with Gasteiger partial charge in [0, 0.05) is 24.3 Å². The molecule has 72 valence electrons. The summed E-state index contributed by atoms with van der Waals surface area (Å²) in [5, 5.41) is 10.2. The number of aromatic nitrogens is 2. The van der Waals surface area contributed by atoms with Gasteiger partial charge in [0.25, 0.3) is 0 Å². The average Bonchev–Trinajstić information content (AvgIpc) is 2.51. The van der Waals surface area contributed by atoms with E-state index in [1.807, 2.05) is 13.1 Å². The van der Waals surface area contributed by atoms with Gasteiger partial charge in [-0.15, -0.1) is 0 Å². The average molecular weight is 181 g/mol. The maximum absolute atomic E-state index is 5.79. The van der Waals surface area contributed by atoms with E-state index in [1.165, 1.54) is 5.56 Å². The number of morpholine rings is 1. The summed E-state index contributed by atoms with van der Waals surface area (Å²) in [4.78, 5) is 0. The molecule has 0 radical (unpaired) electrons. The van der Waals surface area contributed by atoms with Crippen LogP contribution in [-0.4, -0.2) is 29.4 Å². The minimum atomic E-state index is 0.155. The van der Waals surface area contributed by atoms with Gasteiger partial charge >= 0.3 is 0 Å². The number of hydrogen-bond donors (Lipinski definition) is 2. The third kappa shape index (κ3) is 1.73. The van der Waals surface area contributed by atoms with Gasteiger partial charge in [0.15, 0.2) is 0 Å². The van der Waals surface area contributed by atoms with Gasteiger partial charge in [-0.05, 0) is 13.8 Å². The summed E-state index contributed by atoms with van der Waals surface area (Å²) in [6, 6.07) is 0. The highest BCUT2D eigenvalue weighted by molar-refractivity contribution is 5.18. The number of aromatic amines is 1. The van der Waals surface area contributed by atoms with Crippen LogP contribution in [0.4, 0.5) is 0 Å². The van der Waals surface area contributed by atoms with Gasteiger partial charge in [-0.3, -0.25) is 5.10 Å². The second-order valence-corrected chi connectivity index (χ2v) is 3.54. The lowest BCUT2D eigenvalue weighted by atomic mass is 10.1. The largest absolute Gasteiger partial charge is 0.368 e. The van der Waals surface area contributed by atoms with E-state index in [-0.39, 0.29) is 12.2 Å². The Kier molecular flexibility index (Phi) is 2.33. The molecule has 4 nitrogen and oxygen atoms in total. The van der Waals surface area contributed by atoms with E-state index < -0.39 is 0 Å². The Morgan fingerprint density at radius 2 is 2.38 bits per heavy atom. The number of aryl methyl sites for hydroxylation is 1. The molecular weight excluding hydrogens is 166 g/mol. The fraction of sp³-hybridized carbons (Fsp3) is 0.667. The van der Waals surface area contributed by atoms with Crippen molar-refractivity contribution >= 4 is 0 Å². The van der Waals surface area contributed by atoms with Crippen molar-refractivity contribution in [2.45, 2.75) is 26.1 Å². The Balaban J connectivity index is 2.12. The molecule has 1 fully saturated rings. The summed E-state index contributed by atoms with van der Waals surface area (Å²) >= 11 is 0. The number of ether oxygens (including phenoxy) is 1. The van der Waals surface area contributed by atoms with Crippen molar-refractivity contribution in [2.24, 2.45) is 0 Å². The van der Waals surface area contributed by atoms with Crippen LogP contribution in [-0.2, 0) is 4.74 Å². The van der Waals surface area contributed by atoms with E-state index in [0.717, 1.165) is 18.8 Å². The summed E-state index contributed by atoms with van der Waals surface area (Å²) in [6.07, 6.45) is 2.29. The molecule has 0 saturated carbocycles. The van der Waals surface area contributed by atoms with Crippen LogP contribution in [0.1, 0.15) is 24.3 Å². The molecule has 1 aromatic rings. The first-order chi connectivity index (χ1) is 6.27. The van der Waals surface area contributed by atoms with Crippen molar-refractivity contribution in [3.63, 3.8) is 0 Å². The molecule has 0 bridgehead atoms. The van der Waals surface area contributed by atoms with E-state index in [1.54, 1.807) is 0 Å². The van der Waals surface area contributed by atoms with Crippen molar-refractivity contribution < 1.29 is 4.74 Å². The molecule has 2 N–H and O–H groups in total. The zero-order valence-electron chi connectivity index (χ0n) is 8.00. The number of H-pyrrole nitrogens is 1. The van der Waals surface area contributed by atoms with Crippen molar-refractivity contribution in [1.82, 2.24) is 15.5 Å². The van der Waals surface area contributed by atoms with Crippen LogP contribution in [0.5, 0.6) is 0 Å². The smallest absolute Gasteiger partial charge is 0.0986 e. The van der Waals surface area contributed by atoms with Crippen LogP contribution in [0.25, 0.3) is 0 Å². The summed E-state index contributed by atoms with van der Waals surface area (Å²) < 4.78 is 5.79. The molecule has 2 rings (SSSR count). The molecule has 2 atom stereocenters. The lowest BCUT2D eigenvalue weighted by molar-refractivity contribution is -0.0289. The maximum atomic E-state index is 5.79. The SMILES string of the molecule is Cc1[nH]ncc1C1CNCC(C)O1. The minimum absolute atomic E-state index is 0.155. The first kappa shape index (κ1) is 8.72. The van der Waals surface area contributed by atoms with Gasteiger partial charge in [-0.1, -0.05) is 0 Å². The Morgan fingerprint density at radius 1 is 1.54 bits per heavy atom. The number of hydrogen-bond acceptors (Lipinski definition) is 3. The predicted molar refractivity (Wildman–Crippen MR) is 49.5 cm³/mol. The van der Waals surface area contributed by atoms with Gasteiger partial charge < -0.3 is 10.1 Å². The quantitative estimate of drug-likeness (QED) is 0.672. The van der Waals surface area contributed by atoms with E-state index in [2.05, 4.69) is 22.4 Å². The van der Waals surface area contributed by atoms with Crippen LogP contribution in [0.2, 0.25) is 0 Å². The monoisotopic (exact) mass is 181 g/mol. The topological polar surface area (TPSA) is 49.9 Å². The van der Waals surface area contributed by atoms with E-state index in [9.17, 15) is 0 Å². The van der Waals surface area contributed by atoms with Gasteiger partial charge in [0.2, 0.25) is 0 Å². The molecule has 4 heteroatoms. The summed E-state index contributed by atoms with van der Waals surface area (Å²) in [6.45, 7) is 5.91. The summed E-state index contributed by atoms with van der Waals surface area (Å²) in [5.41, 5.74) is 2.26. The third-order valence-electron chi connectivity index (χ3n) is 2.37. The second kappa shape index (κ2) is 3.47. The summed E-state index contributed by atoms with van der Waals surface area (Å²) in [5.74, 6) is 0. The van der Waals surface area contributed by atoms with Crippen molar-refractivity contribution in [2.75, 3.05) is 13.1 Å². The fourth-order valence-electron chi connectivity index (χ4n) is 1.66. The Bertz CT molecular complexity index is 284. The lowest BCUT2D eigenvalue weighted by Gasteiger charge is -2.28. The first-order valence-corrected chi connectivity index (χ1v) is 4.63. The molecule has 1 saturated heterocycles. The third-order valence-corrected chi connectivity index (χ3v) is 2.37. The Morgan fingerprint density at radius 3 is 3.00 bits per heavy atom. The van der Waals surface area contributed by atoms with Gasteiger partial charge in [0.1, 0.15) is 0 Å². The van der Waals surface area contributed by atoms with Gasteiger partial charge in [-0.2, -0.15) is 5.10 Å². The van der Waals surface area contributed by atoms with E-state index >= 15 is 0 Å². The molecule has 2 heterocycles. The van der Waals surface area contributed by atoms with Crippen molar-refractivity contribution in [1.29, 1.82) is 0 Å². The van der Waals surface area contributed by atoms with Crippen LogP contribution in [0, 0.1) is 6.92 Å². The van der Waals surface area contributed by atoms with Crippen LogP contribution >= 0.6 is 0 Å². The molecular formula is C9H15N3O. The second-order valence-electron chi connectivity index (χ2n) is 3.54. The Labute approximate surface area is 77.7 Å². The molecule has 13 heavy (non-hydrogen) atoms. The van der Waals surface area contributed by atoms with Crippen LogP contribution < -0.4 is 5.32 Å². The molecule has 0 aliphatic carbocycles. The normalized spacial score (nSPS) is 29.1. The zero-order valence-corrected chi connectivity index (χ0v) is 8.00. The standard InChI is InChI=1S/C9H15N3O/c1-6-3-10-5-9(13-6)8-4-11-12-7(8)2/h4,6,9-10H,3,5H2,1-2H3,(H,11,12). The van der Waals surface area contributed by atoms with E-state index in [0.29, 0.717) is 0 Å². The molecule has 0 spiro atoms. The van der Waals surface area contributed by atoms with Gasteiger partial charge in [-0.25, -0.2) is 0 Å². The number of nitrogens with one attached hydrogen (secondary N) is 2. The Hall–Kier alpha value is -0.870. The van der Waals surface area contributed by atoms with Gasteiger partial charge in [0.05, 0.1) is 18.4 Å². The first-order valence-electron chi connectivity index (χ1n) is 4.63. The predicted octanol–water partition coefficient (Wildman–Crippen LogP) is 0.768. The fourth-order valence-corrected chi connectivity index (χ4v) is 1.66. The van der Waals surface area contributed by atoms with Crippen molar-refractivity contribution in [3.05, 3.63) is 17.5 Å². The highest BCUT2D eigenvalue weighted by Gasteiger charge is 2.22. The summed E-state index contributed by atoms with van der Waals surface area (Å²) in [7, 11) is 0. The highest BCUT2D eigenvalue weighted by atomic mass is 16.5. The molecule has 2 unspecified atom stereocenters. The minimum Gasteiger partial charge on any atom is -0.368 e. The maximum Gasteiger partial charge on any atom is 0.0986 e. The zero-order chi connectivity index (χ0) is 9.26.